The van der Waals surface area contributed by atoms with Crippen molar-refractivity contribution >= 4 is 22.7 Å². The lowest BCUT2D eigenvalue weighted by Gasteiger charge is -2.35. The zero-order valence-corrected chi connectivity index (χ0v) is 16.3. The third-order valence-electron chi connectivity index (χ3n) is 5.60. The highest BCUT2D eigenvalue weighted by atomic mass is 16.4. The van der Waals surface area contributed by atoms with Crippen molar-refractivity contribution in [1.29, 1.82) is 0 Å². The van der Waals surface area contributed by atoms with Crippen LogP contribution in [0.4, 0.5) is 5.69 Å². The Kier molecular flexibility index (Phi) is 6.01. The van der Waals surface area contributed by atoms with Gasteiger partial charge in [0.15, 0.2) is 5.58 Å². The summed E-state index contributed by atoms with van der Waals surface area (Å²) in [5.41, 5.74) is 7.83. The molecule has 0 unspecified atom stereocenters. The zero-order valence-electron chi connectivity index (χ0n) is 16.3. The van der Waals surface area contributed by atoms with Gasteiger partial charge in [-0.3, -0.25) is 9.36 Å². The lowest BCUT2D eigenvalue weighted by molar-refractivity contribution is -0.118. The molecule has 0 atom stereocenters. The van der Waals surface area contributed by atoms with Gasteiger partial charge < -0.3 is 20.4 Å². The number of carbonyl (C=O) groups is 1. The minimum absolute atomic E-state index is 0.0209. The SMILES string of the molecule is CN(C)CCn1c(=O)oc2ccc(NC(=O)CC3(CN)CCCCC3)cc21. The number of anilines is 1. The smallest absolute Gasteiger partial charge is 0.408 e. The number of carbonyl (C=O) groups excluding carboxylic acids is 1. The maximum absolute atomic E-state index is 12.6. The Labute approximate surface area is 159 Å². The number of rotatable bonds is 7. The Hall–Kier alpha value is -2.12. The van der Waals surface area contributed by atoms with Crippen LogP contribution in [0.25, 0.3) is 11.1 Å². The fourth-order valence-corrected chi connectivity index (χ4v) is 3.95. The fourth-order valence-electron chi connectivity index (χ4n) is 3.95. The van der Waals surface area contributed by atoms with Crippen molar-refractivity contribution < 1.29 is 9.21 Å². The first-order valence-corrected chi connectivity index (χ1v) is 9.70. The van der Waals surface area contributed by atoms with Gasteiger partial charge in [-0.05, 0) is 57.1 Å². The Morgan fingerprint density at radius 2 is 2.04 bits per heavy atom. The second-order valence-corrected chi connectivity index (χ2v) is 8.00. The molecule has 1 aromatic heterocycles. The molecule has 1 fully saturated rings. The molecule has 1 aromatic carbocycles. The van der Waals surface area contributed by atoms with Crippen LogP contribution in [0.1, 0.15) is 38.5 Å². The number of aromatic nitrogens is 1. The van der Waals surface area contributed by atoms with Crippen LogP contribution in [0.3, 0.4) is 0 Å². The quantitative estimate of drug-likeness (QED) is 0.776. The van der Waals surface area contributed by atoms with Crippen molar-refractivity contribution in [2.45, 2.75) is 45.1 Å². The van der Waals surface area contributed by atoms with E-state index in [1.807, 2.05) is 25.1 Å². The molecule has 1 amide bonds. The second kappa shape index (κ2) is 8.27. The zero-order chi connectivity index (χ0) is 19.4. The van der Waals surface area contributed by atoms with Crippen LogP contribution >= 0.6 is 0 Å². The number of nitrogens with zero attached hydrogens (tertiary/aromatic N) is 2. The highest BCUT2D eigenvalue weighted by Gasteiger charge is 2.33. The maximum atomic E-state index is 12.6. The highest BCUT2D eigenvalue weighted by molar-refractivity contribution is 5.93. The molecule has 7 nitrogen and oxygen atoms in total. The number of likely N-dealkylation sites (N-methyl/N-ethyl adjacent to an activating group) is 1. The minimum Gasteiger partial charge on any atom is -0.408 e. The monoisotopic (exact) mass is 374 g/mol. The summed E-state index contributed by atoms with van der Waals surface area (Å²) < 4.78 is 6.91. The lowest BCUT2D eigenvalue weighted by Crippen LogP contribution is -2.36. The van der Waals surface area contributed by atoms with Crippen molar-refractivity contribution in [3.8, 4) is 0 Å². The maximum Gasteiger partial charge on any atom is 0.419 e. The molecule has 27 heavy (non-hydrogen) atoms. The van der Waals surface area contributed by atoms with Crippen LogP contribution in [0.2, 0.25) is 0 Å². The molecule has 3 rings (SSSR count). The summed E-state index contributed by atoms with van der Waals surface area (Å²) in [6, 6.07) is 5.32. The number of hydrogen-bond acceptors (Lipinski definition) is 5. The molecule has 1 saturated carbocycles. The largest absolute Gasteiger partial charge is 0.419 e. The topological polar surface area (TPSA) is 93.5 Å². The van der Waals surface area contributed by atoms with Crippen molar-refractivity contribution in [2.24, 2.45) is 11.1 Å². The van der Waals surface area contributed by atoms with Gasteiger partial charge in [-0.25, -0.2) is 4.79 Å². The van der Waals surface area contributed by atoms with Crippen LogP contribution in [-0.4, -0.2) is 42.6 Å². The molecule has 7 heteroatoms. The highest BCUT2D eigenvalue weighted by Crippen LogP contribution is 2.38. The van der Waals surface area contributed by atoms with Crippen LogP contribution in [0, 0.1) is 5.41 Å². The third kappa shape index (κ3) is 4.59. The van der Waals surface area contributed by atoms with E-state index in [9.17, 15) is 9.59 Å². The average Bonchev–Trinajstić information content (AvgIpc) is 2.95. The number of oxazole rings is 1. The summed E-state index contributed by atoms with van der Waals surface area (Å²) in [4.78, 5) is 26.7. The van der Waals surface area contributed by atoms with E-state index in [1.54, 1.807) is 16.7 Å². The van der Waals surface area contributed by atoms with Gasteiger partial charge in [0.25, 0.3) is 0 Å². The van der Waals surface area contributed by atoms with Crippen molar-refractivity contribution in [1.82, 2.24) is 9.47 Å². The summed E-state index contributed by atoms with van der Waals surface area (Å²) in [6.07, 6.45) is 5.99. The predicted molar refractivity (Wildman–Crippen MR) is 107 cm³/mol. The molecular weight excluding hydrogens is 344 g/mol. The molecule has 1 aliphatic rings. The van der Waals surface area contributed by atoms with Crippen LogP contribution in [0.5, 0.6) is 0 Å². The van der Waals surface area contributed by atoms with Gasteiger partial charge in [-0.2, -0.15) is 0 Å². The van der Waals surface area contributed by atoms with Gasteiger partial charge in [0, 0.05) is 25.2 Å². The van der Waals surface area contributed by atoms with Gasteiger partial charge >= 0.3 is 5.76 Å². The van der Waals surface area contributed by atoms with Gasteiger partial charge in [0.1, 0.15) is 0 Å². The normalized spacial score (nSPS) is 16.7. The molecule has 1 heterocycles. The van der Waals surface area contributed by atoms with Crippen molar-refractivity contribution in [3.05, 3.63) is 28.7 Å². The standard InChI is InChI=1S/C20H30N4O3/c1-23(2)10-11-24-16-12-15(6-7-17(16)27-19(24)26)22-18(25)13-20(14-21)8-4-3-5-9-20/h6-7,12H,3-5,8-11,13-14,21H2,1-2H3,(H,22,25). The van der Waals surface area contributed by atoms with E-state index in [2.05, 4.69) is 5.32 Å². The number of nitrogens with one attached hydrogen (secondary N) is 1. The van der Waals surface area contributed by atoms with Crippen LogP contribution in [0.15, 0.2) is 27.4 Å². The molecule has 0 aliphatic heterocycles. The van der Waals surface area contributed by atoms with E-state index in [-0.39, 0.29) is 17.1 Å². The van der Waals surface area contributed by atoms with E-state index in [0.717, 1.165) is 32.2 Å². The molecular formula is C20H30N4O3. The Morgan fingerprint density at radius 3 is 2.70 bits per heavy atom. The van der Waals surface area contributed by atoms with Gasteiger partial charge in [-0.1, -0.05) is 19.3 Å². The predicted octanol–water partition coefficient (Wildman–Crippen LogP) is 2.39. The Bertz CT molecular complexity index is 847. The molecule has 2 aromatic rings. The number of benzene rings is 1. The summed E-state index contributed by atoms with van der Waals surface area (Å²) in [6.45, 7) is 1.81. The van der Waals surface area contributed by atoms with E-state index in [1.165, 1.54) is 6.42 Å². The molecule has 1 aliphatic carbocycles. The molecule has 148 valence electrons. The van der Waals surface area contributed by atoms with Crippen LogP contribution < -0.4 is 16.8 Å². The molecule has 0 spiro atoms. The summed E-state index contributed by atoms with van der Waals surface area (Å²) in [5.74, 6) is -0.396. The van der Waals surface area contributed by atoms with Gasteiger partial charge in [0.2, 0.25) is 5.91 Å². The average molecular weight is 374 g/mol. The fraction of sp³-hybridized carbons (Fsp3) is 0.600. The van der Waals surface area contributed by atoms with Gasteiger partial charge in [0.05, 0.1) is 5.52 Å². The first kappa shape index (κ1) is 19.6. The summed E-state index contributed by atoms with van der Waals surface area (Å²) >= 11 is 0. The number of hydrogen-bond donors (Lipinski definition) is 2. The Morgan fingerprint density at radius 1 is 1.30 bits per heavy atom. The lowest BCUT2D eigenvalue weighted by atomic mass is 9.71. The third-order valence-corrected chi connectivity index (χ3v) is 5.60. The van der Waals surface area contributed by atoms with Crippen LogP contribution in [-0.2, 0) is 11.3 Å². The van der Waals surface area contributed by atoms with E-state index >= 15 is 0 Å². The minimum atomic E-state index is -0.375. The Balaban J connectivity index is 1.75. The first-order valence-electron chi connectivity index (χ1n) is 9.70. The van der Waals surface area contributed by atoms with E-state index < -0.39 is 0 Å². The summed E-state index contributed by atoms with van der Waals surface area (Å²) in [7, 11) is 3.91. The molecule has 3 N–H and O–H groups in total. The van der Waals surface area contributed by atoms with E-state index in [0.29, 0.717) is 36.3 Å². The van der Waals surface area contributed by atoms with Crippen molar-refractivity contribution in [3.63, 3.8) is 0 Å². The first-order chi connectivity index (χ1) is 12.9. The molecule has 0 bridgehead atoms. The van der Waals surface area contributed by atoms with Gasteiger partial charge in [-0.15, -0.1) is 0 Å². The molecule has 0 saturated heterocycles. The number of fused-ring (bicyclic) bond motifs is 1. The number of amides is 1. The van der Waals surface area contributed by atoms with E-state index in [4.69, 9.17) is 10.2 Å². The number of nitrogens with two attached hydrogens (primary N) is 1. The summed E-state index contributed by atoms with van der Waals surface area (Å²) in [5, 5.41) is 2.98. The molecule has 0 radical (unpaired) electrons. The van der Waals surface area contributed by atoms with Crippen molar-refractivity contribution in [2.75, 3.05) is 32.5 Å². The second-order valence-electron chi connectivity index (χ2n) is 8.00.